The number of hydrogen-bond acceptors (Lipinski definition) is 4. The Balaban J connectivity index is 2.75. The molecule has 0 aliphatic heterocycles. The fourth-order valence-corrected chi connectivity index (χ4v) is 0.557. The summed E-state index contributed by atoms with van der Waals surface area (Å²) in [5.74, 6) is 0.679. The van der Waals surface area contributed by atoms with Crippen molar-refractivity contribution in [2.75, 3.05) is 6.61 Å². The normalized spacial score (nSPS) is 9.40. The topological polar surface area (TPSA) is 47.9 Å². The van der Waals surface area contributed by atoms with Crippen molar-refractivity contribution in [2.24, 2.45) is 0 Å². The predicted molar refractivity (Wildman–Crippen MR) is 35.7 cm³/mol. The molecule has 0 aromatic carbocycles. The molecule has 10 heavy (non-hydrogen) atoms. The maximum Gasteiger partial charge on any atom is 0.319 e. The Hall–Kier alpha value is -1.19. The van der Waals surface area contributed by atoms with Crippen molar-refractivity contribution in [1.29, 1.82) is 0 Å². The minimum atomic E-state index is 0.398. The maximum absolute atomic E-state index is 5.02. The molecule has 1 aromatic rings. The summed E-state index contributed by atoms with van der Waals surface area (Å²) in [7, 11) is 0. The lowest BCUT2D eigenvalue weighted by atomic mass is 10.7. The molecular formula is C6H9N3O. The Morgan fingerprint density at radius 3 is 2.90 bits per heavy atom. The zero-order valence-electron chi connectivity index (χ0n) is 6.03. The van der Waals surface area contributed by atoms with E-state index in [1.165, 1.54) is 6.33 Å². The Morgan fingerprint density at radius 1 is 1.50 bits per heavy atom. The van der Waals surface area contributed by atoms with Gasteiger partial charge in [-0.25, -0.2) is 4.98 Å². The SMILES string of the molecule is CCOc1ncnc(C)n1. The monoisotopic (exact) mass is 139 g/mol. The largest absolute Gasteiger partial charge is 0.464 e. The predicted octanol–water partition coefficient (Wildman–Crippen LogP) is 0.579. The molecule has 0 saturated carbocycles. The molecule has 1 rings (SSSR count). The van der Waals surface area contributed by atoms with Crippen LogP contribution in [0.5, 0.6) is 6.01 Å². The Kier molecular flexibility index (Phi) is 2.15. The summed E-state index contributed by atoms with van der Waals surface area (Å²) in [6.07, 6.45) is 1.44. The van der Waals surface area contributed by atoms with Crippen molar-refractivity contribution in [3.05, 3.63) is 12.2 Å². The molecule has 0 aliphatic rings. The standard InChI is InChI=1S/C6H9N3O/c1-3-10-6-8-4-7-5(2)9-6/h4H,3H2,1-2H3. The van der Waals surface area contributed by atoms with Crippen LogP contribution in [0.25, 0.3) is 0 Å². The van der Waals surface area contributed by atoms with Crippen molar-refractivity contribution in [2.45, 2.75) is 13.8 Å². The summed E-state index contributed by atoms with van der Waals surface area (Å²) in [6, 6.07) is 0.398. The number of nitrogens with zero attached hydrogens (tertiary/aromatic N) is 3. The van der Waals surface area contributed by atoms with Crippen molar-refractivity contribution < 1.29 is 4.74 Å². The van der Waals surface area contributed by atoms with Crippen molar-refractivity contribution in [1.82, 2.24) is 15.0 Å². The van der Waals surface area contributed by atoms with Gasteiger partial charge in [0, 0.05) is 0 Å². The number of aromatic nitrogens is 3. The second kappa shape index (κ2) is 3.10. The first-order chi connectivity index (χ1) is 4.83. The van der Waals surface area contributed by atoms with Crippen LogP contribution in [-0.2, 0) is 0 Å². The van der Waals surface area contributed by atoms with Gasteiger partial charge in [0.25, 0.3) is 0 Å². The summed E-state index contributed by atoms with van der Waals surface area (Å²) in [6.45, 7) is 4.27. The summed E-state index contributed by atoms with van der Waals surface area (Å²) in [5, 5.41) is 0. The molecule has 0 unspecified atom stereocenters. The van der Waals surface area contributed by atoms with Crippen LogP contribution in [0, 0.1) is 6.92 Å². The molecule has 0 spiro atoms. The number of ether oxygens (including phenoxy) is 1. The lowest BCUT2D eigenvalue weighted by Crippen LogP contribution is -1.99. The van der Waals surface area contributed by atoms with E-state index in [-0.39, 0.29) is 0 Å². The summed E-state index contributed by atoms with van der Waals surface area (Å²) in [5.41, 5.74) is 0. The second-order valence-corrected chi connectivity index (χ2v) is 1.75. The van der Waals surface area contributed by atoms with E-state index in [0.717, 1.165) is 0 Å². The van der Waals surface area contributed by atoms with Crippen LogP contribution in [0.2, 0.25) is 0 Å². The van der Waals surface area contributed by atoms with Gasteiger partial charge in [-0.1, -0.05) is 0 Å². The minimum absolute atomic E-state index is 0.398. The lowest BCUT2D eigenvalue weighted by molar-refractivity contribution is 0.310. The van der Waals surface area contributed by atoms with Gasteiger partial charge < -0.3 is 4.74 Å². The molecule has 1 heterocycles. The van der Waals surface area contributed by atoms with Gasteiger partial charge in [0.2, 0.25) is 0 Å². The third-order valence-electron chi connectivity index (χ3n) is 0.944. The van der Waals surface area contributed by atoms with E-state index in [1.54, 1.807) is 6.92 Å². The maximum atomic E-state index is 5.02. The van der Waals surface area contributed by atoms with Crippen LogP contribution < -0.4 is 4.74 Å². The van der Waals surface area contributed by atoms with Crippen LogP contribution in [-0.4, -0.2) is 21.6 Å². The number of hydrogen-bond donors (Lipinski definition) is 0. The van der Waals surface area contributed by atoms with Crippen molar-refractivity contribution in [3.8, 4) is 6.01 Å². The Labute approximate surface area is 59.3 Å². The molecule has 0 bridgehead atoms. The van der Waals surface area contributed by atoms with Gasteiger partial charge in [-0.15, -0.1) is 0 Å². The fourth-order valence-electron chi connectivity index (χ4n) is 0.557. The van der Waals surface area contributed by atoms with Crippen molar-refractivity contribution >= 4 is 0 Å². The van der Waals surface area contributed by atoms with Crippen LogP contribution in [0.3, 0.4) is 0 Å². The molecule has 4 heteroatoms. The molecule has 4 nitrogen and oxygen atoms in total. The van der Waals surface area contributed by atoms with Crippen LogP contribution >= 0.6 is 0 Å². The molecule has 0 amide bonds. The molecule has 0 atom stereocenters. The zero-order valence-corrected chi connectivity index (χ0v) is 6.03. The van der Waals surface area contributed by atoms with E-state index >= 15 is 0 Å². The van der Waals surface area contributed by atoms with Gasteiger partial charge in [0.05, 0.1) is 6.61 Å². The molecule has 0 N–H and O–H groups in total. The first kappa shape index (κ1) is 6.92. The van der Waals surface area contributed by atoms with E-state index in [9.17, 15) is 0 Å². The molecule has 0 aliphatic carbocycles. The first-order valence-corrected chi connectivity index (χ1v) is 3.11. The van der Waals surface area contributed by atoms with Gasteiger partial charge in [-0.05, 0) is 13.8 Å². The quantitative estimate of drug-likeness (QED) is 0.601. The summed E-state index contributed by atoms with van der Waals surface area (Å²) in [4.78, 5) is 11.5. The van der Waals surface area contributed by atoms with E-state index in [4.69, 9.17) is 4.74 Å². The molecule has 0 radical (unpaired) electrons. The number of rotatable bonds is 2. The van der Waals surface area contributed by atoms with E-state index in [2.05, 4.69) is 15.0 Å². The van der Waals surface area contributed by atoms with Gasteiger partial charge >= 0.3 is 6.01 Å². The summed E-state index contributed by atoms with van der Waals surface area (Å²) < 4.78 is 5.02. The average molecular weight is 139 g/mol. The number of aryl methyl sites for hydroxylation is 1. The molecule has 0 saturated heterocycles. The van der Waals surface area contributed by atoms with Gasteiger partial charge in [0.15, 0.2) is 0 Å². The van der Waals surface area contributed by atoms with Gasteiger partial charge in [0.1, 0.15) is 12.2 Å². The average Bonchev–Trinajstić information content (AvgIpc) is 1.88. The highest BCUT2D eigenvalue weighted by molar-refractivity contribution is 4.92. The highest BCUT2D eigenvalue weighted by Crippen LogP contribution is 1.97. The van der Waals surface area contributed by atoms with E-state index in [0.29, 0.717) is 18.4 Å². The lowest BCUT2D eigenvalue weighted by Gasteiger charge is -1.98. The highest BCUT2D eigenvalue weighted by Gasteiger charge is 1.93. The second-order valence-electron chi connectivity index (χ2n) is 1.75. The molecule has 0 fully saturated rings. The third-order valence-corrected chi connectivity index (χ3v) is 0.944. The first-order valence-electron chi connectivity index (χ1n) is 3.11. The minimum Gasteiger partial charge on any atom is -0.464 e. The fraction of sp³-hybridized carbons (Fsp3) is 0.500. The van der Waals surface area contributed by atoms with E-state index < -0.39 is 0 Å². The van der Waals surface area contributed by atoms with E-state index in [1.807, 2.05) is 6.92 Å². The van der Waals surface area contributed by atoms with Crippen LogP contribution in [0.1, 0.15) is 12.7 Å². The molecule has 54 valence electrons. The van der Waals surface area contributed by atoms with Crippen LogP contribution in [0.4, 0.5) is 0 Å². The Bertz CT molecular complexity index is 214. The smallest absolute Gasteiger partial charge is 0.319 e. The molecule has 1 aromatic heterocycles. The van der Waals surface area contributed by atoms with Crippen molar-refractivity contribution in [3.63, 3.8) is 0 Å². The van der Waals surface area contributed by atoms with Gasteiger partial charge in [-0.3, -0.25) is 0 Å². The van der Waals surface area contributed by atoms with Crippen LogP contribution in [0.15, 0.2) is 6.33 Å². The third kappa shape index (κ3) is 1.65. The Morgan fingerprint density at radius 2 is 2.30 bits per heavy atom. The zero-order chi connectivity index (χ0) is 7.40. The van der Waals surface area contributed by atoms with Gasteiger partial charge in [-0.2, -0.15) is 9.97 Å². The molecular weight excluding hydrogens is 130 g/mol. The highest BCUT2D eigenvalue weighted by atomic mass is 16.5. The summed E-state index contributed by atoms with van der Waals surface area (Å²) >= 11 is 0.